The number of fused-ring (bicyclic) bond motifs is 1. The number of hydrogen-bond donors (Lipinski definition) is 0. The third kappa shape index (κ3) is 2.80. The molecule has 1 aromatic heterocycles. The molecule has 2 rings (SSSR count). The number of carbonyl (C=O) groups is 1. The Morgan fingerprint density at radius 2 is 2.24 bits per heavy atom. The van der Waals surface area contributed by atoms with Crippen LogP contribution in [0.1, 0.15) is 13.3 Å². The number of carbonyl (C=O) groups excluding carboxylic acids is 1. The average Bonchev–Trinajstić information content (AvgIpc) is 2.69. The van der Waals surface area contributed by atoms with Crippen molar-refractivity contribution in [2.75, 3.05) is 6.61 Å². The fourth-order valence-electron chi connectivity index (χ4n) is 1.81. The van der Waals surface area contributed by atoms with Gasteiger partial charge in [0.25, 0.3) is 0 Å². The van der Waals surface area contributed by atoms with Gasteiger partial charge in [-0.1, -0.05) is 11.6 Å². The van der Waals surface area contributed by atoms with Crippen molar-refractivity contribution in [2.45, 2.75) is 19.9 Å². The standard InChI is InChI=1S/C13H14ClNO2/c1-2-17-13(16)6-8-15-7-5-10-9-11(14)3-4-12(10)15/h3-5,7,9H,2,6,8H2,1H3. The van der Waals surface area contributed by atoms with Crippen molar-refractivity contribution in [1.82, 2.24) is 4.57 Å². The van der Waals surface area contributed by atoms with E-state index in [1.54, 1.807) is 0 Å². The predicted molar refractivity (Wildman–Crippen MR) is 68.2 cm³/mol. The minimum absolute atomic E-state index is 0.164. The number of esters is 1. The molecule has 0 radical (unpaired) electrons. The maximum atomic E-state index is 11.3. The summed E-state index contributed by atoms with van der Waals surface area (Å²) in [6.07, 6.45) is 2.35. The van der Waals surface area contributed by atoms with Crippen LogP contribution in [-0.4, -0.2) is 17.1 Å². The van der Waals surface area contributed by atoms with Crippen LogP contribution in [0, 0.1) is 0 Å². The first-order valence-electron chi connectivity index (χ1n) is 5.60. The van der Waals surface area contributed by atoms with E-state index in [9.17, 15) is 4.79 Å². The summed E-state index contributed by atoms with van der Waals surface area (Å²) in [6, 6.07) is 7.72. The molecule has 0 aliphatic rings. The van der Waals surface area contributed by atoms with Crippen molar-refractivity contribution in [1.29, 1.82) is 0 Å². The summed E-state index contributed by atoms with van der Waals surface area (Å²) in [5.41, 5.74) is 1.08. The Bertz CT molecular complexity index is 533. The molecule has 1 heterocycles. The zero-order valence-corrected chi connectivity index (χ0v) is 10.4. The normalized spacial score (nSPS) is 10.7. The van der Waals surface area contributed by atoms with Crippen LogP contribution >= 0.6 is 11.6 Å². The van der Waals surface area contributed by atoms with Crippen LogP contribution in [0.3, 0.4) is 0 Å². The third-order valence-electron chi connectivity index (χ3n) is 2.60. The lowest BCUT2D eigenvalue weighted by Crippen LogP contribution is -2.08. The maximum absolute atomic E-state index is 11.3. The Morgan fingerprint density at radius 1 is 1.41 bits per heavy atom. The molecule has 3 nitrogen and oxygen atoms in total. The second kappa shape index (κ2) is 5.23. The van der Waals surface area contributed by atoms with Gasteiger partial charge in [-0.2, -0.15) is 0 Å². The van der Waals surface area contributed by atoms with Crippen LogP contribution in [0.15, 0.2) is 30.5 Å². The molecule has 0 saturated carbocycles. The molecule has 0 bridgehead atoms. The lowest BCUT2D eigenvalue weighted by Gasteiger charge is -2.05. The highest BCUT2D eigenvalue weighted by atomic mass is 35.5. The maximum Gasteiger partial charge on any atom is 0.307 e. The predicted octanol–water partition coefficient (Wildman–Crippen LogP) is 3.25. The summed E-state index contributed by atoms with van der Waals surface area (Å²) >= 11 is 5.91. The molecule has 0 fully saturated rings. The lowest BCUT2D eigenvalue weighted by atomic mass is 10.2. The number of aromatic nitrogens is 1. The Balaban J connectivity index is 2.11. The Morgan fingerprint density at radius 3 is 3.00 bits per heavy atom. The van der Waals surface area contributed by atoms with Crippen molar-refractivity contribution in [3.05, 3.63) is 35.5 Å². The Labute approximate surface area is 105 Å². The Kier molecular flexibility index (Phi) is 3.69. The van der Waals surface area contributed by atoms with Gasteiger partial charge >= 0.3 is 5.97 Å². The fraction of sp³-hybridized carbons (Fsp3) is 0.308. The molecule has 4 heteroatoms. The highest BCUT2D eigenvalue weighted by molar-refractivity contribution is 6.31. The molecule has 17 heavy (non-hydrogen) atoms. The molecule has 0 amide bonds. The number of halogens is 1. The van der Waals surface area contributed by atoms with E-state index in [2.05, 4.69) is 0 Å². The van der Waals surface area contributed by atoms with Crippen LogP contribution in [-0.2, 0) is 16.1 Å². The monoisotopic (exact) mass is 251 g/mol. The third-order valence-corrected chi connectivity index (χ3v) is 2.83. The van der Waals surface area contributed by atoms with E-state index >= 15 is 0 Å². The molecule has 0 atom stereocenters. The SMILES string of the molecule is CCOC(=O)CCn1ccc2cc(Cl)ccc21. The first kappa shape index (κ1) is 12.0. The zero-order chi connectivity index (χ0) is 12.3. The molecule has 0 aliphatic heterocycles. The minimum Gasteiger partial charge on any atom is -0.466 e. The summed E-state index contributed by atoms with van der Waals surface area (Å²) in [4.78, 5) is 11.3. The summed E-state index contributed by atoms with van der Waals surface area (Å²) in [6.45, 7) is 2.87. The molecular formula is C13H14ClNO2. The molecule has 0 N–H and O–H groups in total. The molecule has 0 spiro atoms. The molecule has 0 unspecified atom stereocenters. The topological polar surface area (TPSA) is 31.2 Å². The van der Waals surface area contributed by atoms with Crippen LogP contribution in [0.4, 0.5) is 0 Å². The van der Waals surface area contributed by atoms with Crippen LogP contribution < -0.4 is 0 Å². The van der Waals surface area contributed by atoms with E-state index in [0.29, 0.717) is 19.6 Å². The first-order chi connectivity index (χ1) is 8.20. The highest BCUT2D eigenvalue weighted by Crippen LogP contribution is 2.20. The van der Waals surface area contributed by atoms with Gasteiger partial charge in [-0.25, -0.2) is 0 Å². The van der Waals surface area contributed by atoms with E-state index in [4.69, 9.17) is 16.3 Å². The second-order valence-electron chi connectivity index (χ2n) is 3.77. The number of benzene rings is 1. The van der Waals surface area contributed by atoms with E-state index in [1.807, 2.05) is 42.0 Å². The summed E-state index contributed by atoms with van der Waals surface area (Å²) in [5.74, 6) is -0.164. The van der Waals surface area contributed by atoms with Gasteiger partial charge in [-0.3, -0.25) is 4.79 Å². The fourth-order valence-corrected chi connectivity index (χ4v) is 1.99. The summed E-state index contributed by atoms with van der Waals surface area (Å²) in [7, 11) is 0. The number of aryl methyl sites for hydroxylation is 1. The van der Waals surface area contributed by atoms with Gasteiger partial charge in [0.2, 0.25) is 0 Å². The van der Waals surface area contributed by atoms with Crippen molar-refractivity contribution in [2.24, 2.45) is 0 Å². The van der Waals surface area contributed by atoms with Gasteiger partial charge in [0.1, 0.15) is 0 Å². The summed E-state index contributed by atoms with van der Waals surface area (Å²) < 4.78 is 6.93. The molecule has 90 valence electrons. The molecule has 0 aliphatic carbocycles. The van der Waals surface area contributed by atoms with E-state index in [1.165, 1.54) is 0 Å². The van der Waals surface area contributed by atoms with Crippen LogP contribution in [0.25, 0.3) is 10.9 Å². The van der Waals surface area contributed by atoms with Crippen LogP contribution in [0.5, 0.6) is 0 Å². The van der Waals surface area contributed by atoms with Crippen molar-refractivity contribution >= 4 is 28.5 Å². The number of ether oxygens (including phenoxy) is 1. The van der Waals surface area contributed by atoms with Gasteiger partial charge < -0.3 is 9.30 Å². The molecular weight excluding hydrogens is 238 g/mol. The molecule has 2 aromatic rings. The molecule has 1 aromatic carbocycles. The van der Waals surface area contributed by atoms with Gasteiger partial charge in [0.15, 0.2) is 0 Å². The van der Waals surface area contributed by atoms with Gasteiger partial charge in [-0.15, -0.1) is 0 Å². The highest BCUT2D eigenvalue weighted by Gasteiger charge is 2.05. The van der Waals surface area contributed by atoms with Gasteiger partial charge in [0.05, 0.1) is 13.0 Å². The average molecular weight is 252 g/mol. The largest absolute Gasteiger partial charge is 0.466 e. The summed E-state index contributed by atoms with van der Waals surface area (Å²) in [5, 5.41) is 1.81. The zero-order valence-electron chi connectivity index (χ0n) is 9.65. The van der Waals surface area contributed by atoms with Crippen molar-refractivity contribution in [3.8, 4) is 0 Å². The van der Waals surface area contributed by atoms with Crippen LogP contribution in [0.2, 0.25) is 5.02 Å². The van der Waals surface area contributed by atoms with E-state index in [0.717, 1.165) is 15.9 Å². The molecule has 0 saturated heterocycles. The quantitative estimate of drug-likeness (QED) is 0.781. The van der Waals surface area contributed by atoms with E-state index in [-0.39, 0.29) is 5.97 Å². The van der Waals surface area contributed by atoms with Crippen molar-refractivity contribution in [3.63, 3.8) is 0 Å². The van der Waals surface area contributed by atoms with Gasteiger partial charge in [-0.05, 0) is 31.2 Å². The van der Waals surface area contributed by atoms with Gasteiger partial charge in [0, 0.05) is 28.7 Å². The second-order valence-corrected chi connectivity index (χ2v) is 4.20. The number of nitrogens with zero attached hydrogens (tertiary/aromatic N) is 1. The van der Waals surface area contributed by atoms with Crippen molar-refractivity contribution < 1.29 is 9.53 Å². The lowest BCUT2D eigenvalue weighted by molar-refractivity contribution is -0.143. The Hall–Kier alpha value is -1.48. The van der Waals surface area contributed by atoms with E-state index < -0.39 is 0 Å². The number of rotatable bonds is 4. The smallest absolute Gasteiger partial charge is 0.307 e. The first-order valence-corrected chi connectivity index (χ1v) is 5.98. The number of hydrogen-bond acceptors (Lipinski definition) is 2. The minimum atomic E-state index is -0.164.